The molecule has 4 aliphatic carbocycles. The summed E-state index contributed by atoms with van der Waals surface area (Å²) in [5.41, 5.74) is 26.4. The second kappa shape index (κ2) is 16.2. The standard InChI is InChI=1S/C21H26N2O.C15H15FN2.C6H12O/c1-14-12-15-6-5-9-18(15)21(22)20(14)16-10-11-23-19(13-16)24-17-7-3-2-4-8-17;1-9-7-10-3-2-4-12(10)15(17)14(9)11-5-6-18-13(16)8-11;7-6-4-2-1-3-5-6/h10-13,17H,2-9,22H2,1H3;5-8H,2-4,17H2,1H3;6-7H,1-5H2. The fourth-order valence-corrected chi connectivity index (χ4v) is 8.25. The Balaban J connectivity index is 0.000000146. The van der Waals surface area contributed by atoms with Crippen LogP contribution in [0, 0.1) is 19.8 Å². The van der Waals surface area contributed by atoms with E-state index < -0.39 is 5.95 Å². The molecule has 49 heavy (non-hydrogen) atoms. The van der Waals surface area contributed by atoms with Crippen LogP contribution in [0.2, 0.25) is 0 Å². The van der Waals surface area contributed by atoms with Gasteiger partial charge >= 0.3 is 0 Å². The maximum atomic E-state index is 13.2. The van der Waals surface area contributed by atoms with Gasteiger partial charge in [0, 0.05) is 47.0 Å². The first-order chi connectivity index (χ1) is 23.8. The Bertz CT molecular complexity index is 1740. The van der Waals surface area contributed by atoms with Gasteiger partial charge in [0.15, 0.2) is 0 Å². The van der Waals surface area contributed by atoms with E-state index in [1.54, 1.807) is 0 Å². The summed E-state index contributed by atoms with van der Waals surface area (Å²) >= 11 is 0. The topological polar surface area (TPSA) is 107 Å². The highest BCUT2D eigenvalue weighted by Crippen LogP contribution is 2.40. The Kier molecular flexibility index (Phi) is 11.5. The number of anilines is 2. The molecule has 0 spiro atoms. The minimum Gasteiger partial charge on any atom is -0.474 e. The van der Waals surface area contributed by atoms with Gasteiger partial charge in [-0.2, -0.15) is 4.39 Å². The molecule has 8 rings (SSSR count). The number of nitrogens with two attached hydrogens (primary N) is 2. The Morgan fingerprint density at radius 3 is 1.67 bits per heavy atom. The second-order valence-corrected chi connectivity index (χ2v) is 14.4. The van der Waals surface area contributed by atoms with Gasteiger partial charge in [0.1, 0.15) is 6.10 Å². The molecule has 0 aliphatic heterocycles. The van der Waals surface area contributed by atoms with E-state index in [-0.39, 0.29) is 6.10 Å². The number of aromatic nitrogens is 2. The van der Waals surface area contributed by atoms with Crippen LogP contribution in [0.25, 0.3) is 22.3 Å². The van der Waals surface area contributed by atoms with Crippen molar-refractivity contribution in [2.75, 3.05) is 11.5 Å². The van der Waals surface area contributed by atoms with Crippen molar-refractivity contribution in [3.63, 3.8) is 0 Å². The highest BCUT2D eigenvalue weighted by Gasteiger charge is 2.21. The van der Waals surface area contributed by atoms with E-state index in [0.717, 1.165) is 103 Å². The molecule has 260 valence electrons. The maximum absolute atomic E-state index is 13.2. The van der Waals surface area contributed by atoms with Crippen LogP contribution in [0.1, 0.15) is 110 Å². The highest BCUT2D eigenvalue weighted by molar-refractivity contribution is 5.84. The van der Waals surface area contributed by atoms with Crippen LogP contribution in [-0.4, -0.2) is 27.3 Å². The van der Waals surface area contributed by atoms with Crippen molar-refractivity contribution in [1.82, 2.24) is 9.97 Å². The number of fused-ring (bicyclic) bond motifs is 2. The van der Waals surface area contributed by atoms with Crippen molar-refractivity contribution in [1.29, 1.82) is 0 Å². The van der Waals surface area contributed by atoms with Crippen molar-refractivity contribution in [3.05, 3.63) is 88.1 Å². The van der Waals surface area contributed by atoms with Crippen LogP contribution in [-0.2, 0) is 25.7 Å². The molecule has 0 radical (unpaired) electrons. The number of hydrogen-bond acceptors (Lipinski definition) is 6. The van der Waals surface area contributed by atoms with Gasteiger partial charge < -0.3 is 21.3 Å². The normalized spacial score (nSPS) is 17.3. The fraction of sp³-hybridized carbons (Fsp3) is 0.476. The van der Waals surface area contributed by atoms with Crippen LogP contribution in [0.4, 0.5) is 15.8 Å². The van der Waals surface area contributed by atoms with E-state index in [1.165, 1.54) is 85.0 Å². The molecular formula is C42H53FN4O2. The number of benzene rings is 2. The summed E-state index contributed by atoms with van der Waals surface area (Å²) in [7, 11) is 0. The summed E-state index contributed by atoms with van der Waals surface area (Å²) in [6.07, 6.45) is 22.5. The molecule has 2 aromatic carbocycles. The number of nitrogen functional groups attached to an aromatic ring is 2. The summed E-state index contributed by atoms with van der Waals surface area (Å²) in [6, 6.07) is 11.9. The molecule has 2 heterocycles. The predicted molar refractivity (Wildman–Crippen MR) is 198 cm³/mol. The zero-order valence-corrected chi connectivity index (χ0v) is 29.4. The first-order valence-corrected chi connectivity index (χ1v) is 18.5. The number of ether oxygens (including phenoxy) is 1. The van der Waals surface area contributed by atoms with Crippen LogP contribution in [0.15, 0.2) is 48.8 Å². The Morgan fingerprint density at radius 2 is 1.16 bits per heavy atom. The number of nitrogens with zero attached hydrogens (tertiary/aromatic N) is 2. The summed E-state index contributed by atoms with van der Waals surface area (Å²) < 4.78 is 19.4. The molecule has 2 aromatic heterocycles. The summed E-state index contributed by atoms with van der Waals surface area (Å²) in [6.45, 7) is 4.19. The predicted octanol–water partition coefficient (Wildman–Crippen LogP) is 9.42. The summed E-state index contributed by atoms with van der Waals surface area (Å²) in [5.74, 6) is 0.269. The minimum atomic E-state index is -0.466. The van der Waals surface area contributed by atoms with Gasteiger partial charge in [0.25, 0.3) is 0 Å². The van der Waals surface area contributed by atoms with Gasteiger partial charge in [0.05, 0.1) is 6.10 Å². The number of hydrogen-bond donors (Lipinski definition) is 3. The molecule has 0 atom stereocenters. The molecule has 7 heteroatoms. The van der Waals surface area contributed by atoms with Gasteiger partial charge in [-0.25, -0.2) is 9.97 Å². The lowest BCUT2D eigenvalue weighted by atomic mass is 9.93. The third-order valence-electron chi connectivity index (χ3n) is 10.7. The van der Waals surface area contributed by atoms with Gasteiger partial charge in [-0.15, -0.1) is 0 Å². The third-order valence-corrected chi connectivity index (χ3v) is 10.7. The van der Waals surface area contributed by atoms with Crippen molar-refractivity contribution < 1.29 is 14.2 Å². The Morgan fingerprint density at radius 1 is 0.653 bits per heavy atom. The molecule has 0 bridgehead atoms. The van der Waals surface area contributed by atoms with E-state index in [4.69, 9.17) is 21.3 Å². The SMILES string of the molecule is Cc1cc2c(c(N)c1-c1ccnc(F)c1)CCC2.Cc1cc2c(c(N)c1-c1ccnc(OC3CCCCC3)c1)CCC2.OC1CCCCC1. The number of halogens is 1. The lowest BCUT2D eigenvalue weighted by Crippen LogP contribution is -2.20. The number of pyridine rings is 2. The first kappa shape index (κ1) is 34.9. The first-order valence-electron chi connectivity index (χ1n) is 18.5. The van der Waals surface area contributed by atoms with Gasteiger partial charge in [-0.3, -0.25) is 0 Å². The van der Waals surface area contributed by atoms with E-state index in [0.29, 0.717) is 6.10 Å². The third kappa shape index (κ3) is 8.43. The van der Waals surface area contributed by atoms with Crippen LogP contribution >= 0.6 is 0 Å². The van der Waals surface area contributed by atoms with Crippen molar-refractivity contribution in [2.24, 2.45) is 0 Å². The maximum Gasteiger partial charge on any atom is 0.214 e. The van der Waals surface area contributed by atoms with Gasteiger partial charge in [-0.05, 0) is 148 Å². The molecule has 6 nitrogen and oxygen atoms in total. The molecular weight excluding hydrogens is 611 g/mol. The molecule has 0 saturated heterocycles. The molecule has 5 N–H and O–H groups in total. The number of aliphatic hydroxyl groups excluding tert-OH is 1. The van der Waals surface area contributed by atoms with Gasteiger partial charge in [0.2, 0.25) is 11.8 Å². The van der Waals surface area contributed by atoms with Gasteiger partial charge in [-0.1, -0.05) is 37.8 Å². The summed E-state index contributed by atoms with van der Waals surface area (Å²) in [4.78, 5) is 8.02. The van der Waals surface area contributed by atoms with Crippen molar-refractivity contribution in [2.45, 2.75) is 129 Å². The van der Waals surface area contributed by atoms with E-state index >= 15 is 0 Å². The van der Waals surface area contributed by atoms with Crippen molar-refractivity contribution in [3.8, 4) is 28.1 Å². The van der Waals surface area contributed by atoms with Crippen LogP contribution < -0.4 is 16.2 Å². The highest BCUT2D eigenvalue weighted by atomic mass is 19.1. The van der Waals surface area contributed by atoms with E-state index in [2.05, 4.69) is 35.1 Å². The van der Waals surface area contributed by atoms with E-state index in [1.807, 2.05) is 25.3 Å². The number of rotatable bonds is 4. The van der Waals surface area contributed by atoms with Crippen molar-refractivity contribution >= 4 is 11.4 Å². The summed E-state index contributed by atoms with van der Waals surface area (Å²) in [5, 5.41) is 8.91. The lowest BCUT2D eigenvalue weighted by molar-refractivity contribution is 0.130. The monoisotopic (exact) mass is 664 g/mol. The molecule has 2 fully saturated rings. The lowest BCUT2D eigenvalue weighted by Gasteiger charge is -2.22. The zero-order chi connectivity index (χ0) is 34.3. The zero-order valence-electron chi connectivity index (χ0n) is 29.4. The average molecular weight is 665 g/mol. The number of aryl methyl sites for hydroxylation is 4. The van der Waals surface area contributed by atoms with Crippen LogP contribution in [0.5, 0.6) is 5.88 Å². The second-order valence-electron chi connectivity index (χ2n) is 14.4. The Hall–Kier alpha value is -3.97. The van der Waals surface area contributed by atoms with E-state index in [9.17, 15) is 4.39 Å². The quantitative estimate of drug-likeness (QED) is 0.148. The number of aliphatic hydroxyl groups is 1. The Labute approximate surface area is 291 Å². The fourth-order valence-electron chi connectivity index (χ4n) is 8.25. The molecule has 2 saturated carbocycles. The minimum absolute atomic E-state index is 0.0359. The average Bonchev–Trinajstić information content (AvgIpc) is 3.77. The molecule has 4 aliphatic rings. The molecule has 0 unspecified atom stereocenters. The van der Waals surface area contributed by atoms with Crippen LogP contribution in [0.3, 0.4) is 0 Å². The molecule has 4 aromatic rings. The molecule has 0 amide bonds. The largest absolute Gasteiger partial charge is 0.474 e. The smallest absolute Gasteiger partial charge is 0.214 e.